The van der Waals surface area contributed by atoms with Crippen molar-refractivity contribution in [2.45, 2.75) is 17.4 Å². The fourth-order valence-electron chi connectivity index (χ4n) is 2.06. The highest BCUT2D eigenvalue weighted by molar-refractivity contribution is 8.00. The molecule has 1 aromatic carbocycles. The highest BCUT2D eigenvalue weighted by Crippen LogP contribution is 2.21. The van der Waals surface area contributed by atoms with E-state index < -0.39 is 40.2 Å². The van der Waals surface area contributed by atoms with Gasteiger partial charge in [0.05, 0.1) is 17.3 Å². The topological polar surface area (TPSA) is 89.5 Å². The number of thioether (sulfide) groups is 1. The van der Waals surface area contributed by atoms with Crippen LogP contribution in [0, 0.1) is 5.82 Å². The lowest BCUT2D eigenvalue weighted by Crippen LogP contribution is -2.38. The molecule has 0 bridgehead atoms. The van der Waals surface area contributed by atoms with Gasteiger partial charge in [-0.3, -0.25) is 9.59 Å². The number of ether oxygens (including phenoxy) is 1. The first-order chi connectivity index (χ1) is 10.9. The van der Waals surface area contributed by atoms with E-state index in [1.807, 2.05) is 0 Å². The zero-order valence-corrected chi connectivity index (χ0v) is 13.8. The van der Waals surface area contributed by atoms with Crippen molar-refractivity contribution in [2.75, 3.05) is 23.9 Å². The number of amides is 1. The summed E-state index contributed by atoms with van der Waals surface area (Å²) in [5, 5.41) is 2.51. The summed E-state index contributed by atoms with van der Waals surface area (Å²) in [5.41, 5.74) is 0. The lowest BCUT2D eigenvalue weighted by molar-refractivity contribution is -0.146. The molecule has 1 N–H and O–H groups in total. The summed E-state index contributed by atoms with van der Waals surface area (Å²) in [4.78, 5) is 23.4. The molecule has 0 aromatic heterocycles. The molecule has 1 aromatic rings. The Hall–Kier alpha value is -1.61. The highest BCUT2D eigenvalue weighted by atomic mass is 32.2. The van der Waals surface area contributed by atoms with Crippen LogP contribution in [0.25, 0.3) is 0 Å². The van der Waals surface area contributed by atoms with E-state index in [-0.39, 0.29) is 17.3 Å². The van der Waals surface area contributed by atoms with E-state index in [0.717, 1.165) is 11.8 Å². The molecular weight excluding hydrogens is 345 g/mol. The molecule has 6 nitrogen and oxygen atoms in total. The lowest BCUT2D eigenvalue weighted by Gasteiger charge is -2.11. The van der Waals surface area contributed by atoms with E-state index in [4.69, 9.17) is 4.74 Å². The van der Waals surface area contributed by atoms with Crippen molar-refractivity contribution in [3.63, 3.8) is 0 Å². The average molecular weight is 361 g/mol. The van der Waals surface area contributed by atoms with Gasteiger partial charge in [-0.15, -0.1) is 11.8 Å². The minimum Gasteiger partial charge on any atom is -0.455 e. The van der Waals surface area contributed by atoms with Crippen molar-refractivity contribution in [3.05, 3.63) is 30.1 Å². The molecule has 1 fully saturated rings. The first kappa shape index (κ1) is 17.7. The third-order valence-electron chi connectivity index (χ3n) is 3.14. The van der Waals surface area contributed by atoms with E-state index in [0.29, 0.717) is 11.3 Å². The number of halogens is 1. The summed E-state index contributed by atoms with van der Waals surface area (Å²) in [6, 6.07) is 5.60. The van der Waals surface area contributed by atoms with Gasteiger partial charge in [0.15, 0.2) is 16.4 Å². The van der Waals surface area contributed by atoms with Gasteiger partial charge in [0.25, 0.3) is 5.91 Å². The Morgan fingerprint density at radius 3 is 2.74 bits per heavy atom. The third-order valence-corrected chi connectivity index (χ3v) is 5.93. The molecule has 23 heavy (non-hydrogen) atoms. The van der Waals surface area contributed by atoms with E-state index >= 15 is 0 Å². The third kappa shape index (κ3) is 5.83. The Bertz CT molecular complexity index is 692. The number of hydrogen-bond donors (Lipinski definition) is 1. The Morgan fingerprint density at radius 1 is 1.35 bits per heavy atom. The molecule has 1 aliphatic heterocycles. The molecule has 2 rings (SSSR count). The van der Waals surface area contributed by atoms with Crippen molar-refractivity contribution in [1.82, 2.24) is 5.32 Å². The number of benzene rings is 1. The molecule has 1 atom stereocenters. The molecule has 1 saturated heterocycles. The van der Waals surface area contributed by atoms with E-state index in [9.17, 15) is 22.4 Å². The van der Waals surface area contributed by atoms with Crippen LogP contribution in [0.1, 0.15) is 6.42 Å². The normalized spacial score (nSPS) is 19.3. The van der Waals surface area contributed by atoms with E-state index in [2.05, 4.69) is 5.32 Å². The number of nitrogens with one attached hydrogen (secondary N) is 1. The average Bonchev–Trinajstić information content (AvgIpc) is 2.83. The standard InChI is InChI=1S/C14H16FNO5S2/c15-11-3-1-2-4-12(11)22-8-14(18)21-7-13(17)16-10-5-6-23(19,20)9-10/h1-4,10H,5-9H2,(H,16,17)/t10-/m0/s1. The van der Waals surface area contributed by atoms with E-state index in [1.165, 1.54) is 6.07 Å². The summed E-state index contributed by atoms with van der Waals surface area (Å²) in [7, 11) is -3.08. The first-order valence-corrected chi connectivity index (χ1v) is 9.69. The molecular formula is C14H16FNO5S2. The van der Waals surface area contributed by atoms with Crippen LogP contribution < -0.4 is 5.32 Å². The fourth-order valence-corrected chi connectivity index (χ4v) is 4.48. The Morgan fingerprint density at radius 2 is 2.09 bits per heavy atom. The number of hydrogen-bond acceptors (Lipinski definition) is 6. The van der Waals surface area contributed by atoms with Crippen molar-refractivity contribution in [1.29, 1.82) is 0 Å². The van der Waals surface area contributed by atoms with Crippen molar-refractivity contribution < 1.29 is 27.1 Å². The maximum Gasteiger partial charge on any atom is 0.316 e. The number of carbonyl (C=O) groups excluding carboxylic acids is 2. The van der Waals surface area contributed by atoms with Gasteiger partial charge in [-0.05, 0) is 18.6 Å². The highest BCUT2D eigenvalue weighted by Gasteiger charge is 2.29. The lowest BCUT2D eigenvalue weighted by atomic mass is 10.2. The molecule has 0 saturated carbocycles. The summed E-state index contributed by atoms with van der Waals surface area (Å²) in [6.45, 7) is -0.479. The molecule has 1 amide bonds. The largest absolute Gasteiger partial charge is 0.455 e. The quantitative estimate of drug-likeness (QED) is 0.594. The van der Waals surface area contributed by atoms with Crippen LogP contribution in [0.4, 0.5) is 4.39 Å². The zero-order valence-electron chi connectivity index (χ0n) is 12.2. The minimum atomic E-state index is -3.08. The molecule has 126 valence electrons. The predicted octanol–water partition coefficient (Wildman–Crippen LogP) is 0.764. The number of esters is 1. The summed E-state index contributed by atoms with van der Waals surface area (Å²) in [6.07, 6.45) is 0.366. The Labute approximate surface area is 137 Å². The second-order valence-electron chi connectivity index (χ2n) is 5.05. The van der Waals surface area contributed by atoms with Gasteiger partial charge in [0.1, 0.15) is 5.82 Å². The smallest absolute Gasteiger partial charge is 0.316 e. The van der Waals surface area contributed by atoms with Gasteiger partial charge >= 0.3 is 5.97 Å². The molecule has 0 radical (unpaired) electrons. The molecule has 1 aliphatic rings. The van der Waals surface area contributed by atoms with Gasteiger partial charge in [-0.2, -0.15) is 0 Å². The molecule has 9 heteroatoms. The number of carbonyl (C=O) groups is 2. The van der Waals surface area contributed by atoms with Crippen molar-refractivity contribution >= 4 is 33.5 Å². The van der Waals surface area contributed by atoms with Crippen LogP contribution in [-0.4, -0.2) is 50.2 Å². The first-order valence-electron chi connectivity index (χ1n) is 6.88. The summed E-state index contributed by atoms with van der Waals surface area (Å²) >= 11 is 0.979. The van der Waals surface area contributed by atoms with Crippen LogP contribution in [0.3, 0.4) is 0 Å². The Kier molecular flexibility index (Phi) is 6.00. The van der Waals surface area contributed by atoms with Gasteiger partial charge in [-0.1, -0.05) is 12.1 Å². The summed E-state index contributed by atoms with van der Waals surface area (Å²) < 4.78 is 40.7. The minimum absolute atomic E-state index is 0.0526. The molecule has 1 heterocycles. The van der Waals surface area contributed by atoms with E-state index in [1.54, 1.807) is 18.2 Å². The second kappa shape index (κ2) is 7.78. The van der Waals surface area contributed by atoms with Crippen LogP contribution in [-0.2, 0) is 24.2 Å². The van der Waals surface area contributed by atoms with Gasteiger partial charge in [0.2, 0.25) is 0 Å². The van der Waals surface area contributed by atoms with Crippen LogP contribution >= 0.6 is 11.8 Å². The van der Waals surface area contributed by atoms with Gasteiger partial charge < -0.3 is 10.1 Å². The van der Waals surface area contributed by atoms with Crippen molar-refractivity contribution in [3.8, 4) is 0 Å². The fraction of sp³-hybridized carbons (Fsp3) is 0.429. The molecule has 0 aliphatic carbocycles. The van der Waals surface area contributed by atoms with Crippen LogP contribution in [0.2, 0.25) is 0 Å². The molecule has 0 spiro atoms. The SMILES string of the molecule is O=C(COC(=O)CSc1ccccc1F)N[C@H]1CCS(=O)(=O)C1. The second-order valence-corrected chi connectivity index (χ2v) is 8.29. The van der Waals surface area contributed by atoms with Gasteiger partial charge in [-0.25, -0.2) is 12.8 Å². The van der Waals surface area contributed by atoms with Crippen LogP contribution in [0.15, 0.2) is 29.2 Å². The van der Waals surface area contributed by atoms with Crippen LogP contribution in [0.5, 0.6) is 0 Å². The number of rotatable bonds is 6. The number of sulfone groups is 1. The Balaban J connectivity index is 1.68. The zero-order chi connectivity index (χ0) is 16.9. The predicted molar refractivity (Wildman–Crippen MR) is 83.3 cm³/mol. The maximum absolute atomic E-state index is 13.4. The van der Waals surface area contributed by atoms with Crippen molar-refractivity contribution in [2.24, 2.45) is 0 Å². The van der Waals surface area contributed by atoms with Gasteiger partial charge in [0, 0.05) is 10.9 Å². The summed E-state index contributed by atoms with van der Waals surface area (Å²) in [5.74, 6) is -1.77. The molecule has 0 unspecified atom stereocenters. The monoisotopic (exact) mass is 361 g/mol. The maximum atomic E-state index is 13.4.